The van der Waals surface area contributed by atoms with Gasteiger partial charge in [0.15, 0.2) is 0 Å². The Morgan fingerprint density at radius 3 is 2.00 bits per heavy atom. The number of hydrogen-bond donors (Lipinski definition) is 0. The van der Waals surface area contributed by atoms with Crippen LogP contribution in [0, 0.1) is 0 Å². The lowest BCUT2D eigenvalue weighted by Gasteiger charge is -2.12. The number of allylic oxidation sites excluding steroid dienone is 2. The second kappa shape index (κ2) is 7.53. The van der Waals surface area contributed by atoms with Crippen molar-refractivity contribution in [2.45, 2.75) is 5.92 Å². The molecule has 0 aliphatic rings. The molecule has 2 aromatic carbocycles. The van der Waals surface area contributed by atoms with Crippen LogP contribution in [0.2, 0.25) is 0 Å². The van der Waals surface area contributed by atoms with Crippen LogP contribution < -0.4 is 0 Å². The maximum absolute atomic E-state index is 11.1. The first kappa shape index (κ1) is 15.9. The monoisotopic (exact) mass is 404 g/mol. The van der Waals surface area contributed by atoms with Crippen molar-refractivity contribution in [1.29, 1.82) is 0 Å². The summed E-state index contributed by atoms with van der Waals surface area (Å²) >= 11 is 6.83. The van der Waals surface area contributed by atoms with E-state index in [1.165, 1.54) is 0 Å². The fourth-order valence-corrected chi connectivity index (χ4v) is 2.50. The zero-order valence-electron chi connectivity index (χ0n) is 11.3. The molecule has 0 radical (unpaired) electrons. The molecule has 0 N–H and O–H groups in total. The standard InChI is InChI=1S/C18H14Br2O/c1-13(12-21)18(15-5-9-17(20)10-6-15)11-4-14-2-7-16(19)8-3-14/h2-12,18H,1H2/b11-4+. The first-order valence-corrected chi connectivity index (χ1v) is 8.02. The summed E-state index contributed by atoms with van der Waals surface area (Å²) in [6, 6.07) is 15.9. The van der Waals surface area contributed by atoms with Gasteiger partial charge in [0.05, 0.1) is 0 Å². The van der Waals surface area contributed by atoms with E-state index in [2.05, 4.69) is 38.4 Å². The topological polar surface area (TPSA) is 17.1 Å². The first-order valence-electron chi connectivity index (χ1n) is 6.43. The van der Waals surface area contributed by atoms with Gasteiger partial charge in [-0.2, -0.15) is 0 Å². The van der Waals surface area contributed by atoms with E-state index < -0.39 is 0 Å². The zero-order valence-corrected chi connectivity index (χ0v) is 14.5. The number of halogens is 2. The summed E-state index contributed by atoms with van der Waals surface area (Å²) in [5.74, 6) is -0.112. The molecular formula is C18H14Br2O. The van der Waals surface area contributed by atoms with Gasteiger partial charge in [-0.1, -0.05) is 74.9 Å². The van der Waals surface area contributed by atoms with Crippen molar-refractivity contribution in [3.8, 4) is 0 Å². The van der Waals surface area contributed by atoms with E-state index in [1.807, 2.05) is 60.7 Å². The molecule has 0 aliphatic carbocycles. The van der Waals surface area contributed by atoms with Crippen LogP contribution in [-0.2, 0) is 4.79 Å². The largest absolute Gasteiger partial charge is 0.298 e. The van der Waals surface area contributed by atoms with Gasteiger partial charge >= 0.3 is 0 Å². The Hall–Kier alpha value is -1.45. The molecule has 0 heterocycles. The van der Waals surface area contributed by atoms with E-state index >= 15 is 0 Å². The number of hydrogen-bond acceptors (Lipinski definition) is 1. The van der Waals surface area contributed by atoms with E-state index in [0.29, 0.717) is 5.57 Å². The van der Waals surface area contributed by atoms with Crippen molar-refractivity contribution < 1.29 is 4.79 Å². The zero-order chi connectivity index (χ0) is 15.2. The molecule has 1 atom stereocenters. The lowest BCUT2D eigenvalue weighted by Crippen LogP contribution is -1.99. The van der Waals surface area contributed by atoms with Crippen LogP contribution in [-0.4, -0.2) is 6.29 Å². The molecule has 2 aromatic rings. The minimum Gasteiger partial charge on any atom is -0.298 e. The van der Waals surface area contributed by atoms with Crippen molar-refractivity contribution in [3.63, 3.8) is 0 Å². The summed E-state index contributed by atoms with van der Waals surface area (Å²) in [6.45, 7) is 3.86. The SMILES string of the molecule is C=C(C=O)C(/C=C/c1ccc(Br)cc1)c1ccc(Br)cc1. The normalized spacial score (nSPS) is 12.3. The second-order valence-corrected chi connectivity index (χ2v) is 6.46. The second-order valence-electron chi connectivity index (χ2n) is 4.63. The molecule has 1 unspecified atom stereocenters. The summed E-state index contributed by atoms with van der Waals surface area (Å²) in [5, 5.41) is 0. The Morgan fingerprint density at radius 2 is 1.48 bits per heavy atom. The predicted molar refractivity (Wildman–Crippen MR) is 95.3 cm³/mol. The number of aldehydes is 1. The minimum atomic E-state index is -0.112. The van der Waals surface area contributed by atoms with E-state index in [1.54, 1.807) is 0 Å². The maximum atomic E-state index is 11.1. The molecule has 1 nitrogen and oxygen atoms in total. The first-order chi connectivity index (χ1) is 10.1. The molecule has 3 heteroatoms. The molecule has 0 aromatic heterocycles. The smallest absolute Gasteiger partial charge is 0.146 e. The highest BCUT2D eigenvalue weighted by Crippen LogP contribution is 2.26. The Morgan fingerprint density at radius 1 is 0.952 bits per heavy atom. The molecule has 106 valence electrons. The molecule has 0 fully saturated rings. The van der Waals surface area contributed by atoms with Gasteiger partial charge in [0, 0.05) is 14.9 Å². The lowest BCUT2D eigenvalue weighted by atomic mass is 9.92. The van der Waals surface area contributed by atoms with Crippen molar-refractivity contribution in [3.05, 3.63) is 86.8 Å². The Balaban J connectivity index is 2.28. The van der Waals surface area contributed by atoms with Gasteiger partial charge in [-0.3, -0.25) is 4.79 Å². The van der Waals surface area contributed by atoms with Gasteiger partial charge in [0.25, 0.3) is 0 Å². The van der Waals surface area contributed by atoms with Crippen LogP contribution in [0.4, 0.5) is 0 Å². The van der Waals surface area contributed by atoms with Gasteiger partial charge in [-0.25, -0.2) is 0 Å². The van der Waals surface area contributed by atoms with E-state index in [9.17, 15) is 4.79 Å². The number of carbonyl (C=O) groups excluding carboxylic acids is 1. The average Bonchev–Trinajstić information content (AvgIpc) is 2.50. The lowest BCUT2D eigenvalue weighted by molar-refractivity contribution is -0.105. The van der Waals surface area contributed by atoms with E-state index in [0.717, 1.165) is 26.4 Å². The fraction of sp³-hybridized carbons (Fsp3) is 0.0556. The fourth-order valence-electron chi connectivity index (χ4n) is 1.97. The molecule has 0 amide bonds. The van der Waals surface area contributed by atoms with Crippen LogP contribution in [0.3, 0.4) is 0 Å². The Labute approximate surface area is 141 Å². The minimum absolute atomic E-state index is 0.112. The van der Waals surface area contributed by atoms with Gasteiger partial charge < -0.3 is 0 Å². The Kier molecular flexibility index (Phi) is 5.71. The van der Waals surface area contributed by atoms with Crippen molar-refractivity contribution >= 4 is 44.2 Å². The number of rotatable bonds is 5. The summed E-state index contributed by atoms with van der Waals surface area (Å²) in [6.07, 6.45) is 4.83. The highest BCUT2D eigenvalue weighted by atomic mass is 79.9. The highest BCUT2D eigenvalue weighted by Gasteiger charge is 2.11. The van der Waals surface area contributed by atoms with Gasteiger partial charge in [0.2, 0.25) is 0 Å². The van der Waals surface area contributed by atoms with Crippen LogP contribution in [0.25, 0.3) is 6.08 Å². The molecule has 0 bridgehead atoms. The van der Waals surface area contributed by atoms with Gasteiger partial charge in [0.1, 0.15) is 6.29 Å². The highest BCUT2D eigenvalue weighted by molar-refractivity contribution is 9.10. The predicted octanol–water partition coefficient (Wildman–Crippen LogP) is 5.76. The van der Waals surface area contributed by atoms with E-state index in [4.69, 9.17) is 0 Å². The van der Waals surface area contributed by atoms with Crippen LogP contribution in [0.5, 0.6) is 0 Å². The average molecular weight is 406 g/mol. The molecule has 0 spiro atoms. The number of carbonyl (C=O) groups is 1. The van der Waals surface area contributed by atoms with Crippen molar-refractivity contribution in [2.75, 3.05) is 0 Å². The molecule has 0 saturated carbocycles. The van der Waals surface area contributed by atoms with Crippen LogP contribution in [0.1, 0.15) is 17.0 Å². The van der Waals surface area contributed by atoms with Gasteiger partial charge in [-0.05, 0) is 41.0 Å². The summed E-state index contributed by atoms with van der Waals surface area (Å²) in [5.41, 5.74) is 2.67. The van der Waals surface area contributed by atoms with Gasteiger partial charge in [-0.15, -0.1) is 0 Å². The summed E-state index contributed by atoms with van der Waals surface area (Å²) < 4.78 is 2.06. The van der Waals surface area contributed by atoms with Crippen LogP contribution >= 0.6 is 31.9 Å². The Bertz CT molecular complexity index is 655. The maximum Gasteiger partial charge on any atom is 0.146 e. The molecule has 2 rings (SSSR count). The number of benzene rings is 2. The van der Waals surface area contributed by atoms with Crippen molar-refractivity contribution in [1.82, 2.24) is 0 Å². The molecular weight excluding hydrogens is 392 g/mol. The summed E-state index contributed by atoms with van der Waals surface area (Å²) in [4.78, 5) is 11.1. The molecule has 0 saturated heterocycles. The van der Waals surface area contributed by atoms with Crippen LogP contribution in [0.15, 0.2) is 75.7 Å². The third-order valence-corrected chi connectivity index (χ3v) is 4.19. The van der Waals surface area contributed by atoms with E-state index in [-0.39, 0.29) is 5.92 Å². The summed E-state index contributed by atoms with van der Waals surface area (Å²) in [7, 11) is 0. The molecule has 0 aliphatic heterocycles. The third-order valence-electron chi connectivity index (χ3n) is 3.13. The third kappa shape index (κ3) is 4.51. The molecule has 21 heavy (non-hydrogen) atoms. The van der Waals surface area contributed by atoms with Crippen molar-refractivity contribution in [2.24, 2.45) is 0 Å². The quantitative estimate of drug-likeness (QED) is 0.456.